The Kier molecular flexibility index (Phi) is 2.65. The number of imidazole rings is 1. The van der Waals surface area contributed by atoms with Crippen LogP contribution >= 0.6 is 23.2 Å². The number of benzene rings is 2. The van der Waals surface area contributed by atoms with E-state index in [2.05, 4.69) is 9.97 Å². The lowest BCUT2D eigenvalue weighted by Crippen LogP contribution is -1.91. The quantitative estimate of drug-likeness (QED) is 0.658. The lowest BCUT2D eigenvalue weighted by molar-refractivity contribution is 1.34. The molecule has 0 aliphatic carbocycles. The summed E-state index contributed by atoms with van der Waals surface area (Å²) >= 11 is 12.1. The fourth-order valence-corrected chi connectivity index (χ4v) is 2.33. The van der Waals surface area contributed by atoms with Crippen molar-refractivity contribution in [1.82, 2.24) is 9.97 Å². The van der Waals surface area contributed by atoms with E-state index in [9.17, 15) is 0 Å². The lowest BCUT2D eigenvalue weighted by atomic mass is 10.2. The largest absolute Gasteiger partial charge is 0.398 e. The first kappa shape index (κ1) is 11.4. The number of nitrogen functional groups attached to an aromatic ring is 1. The van der Waals surface area contributed by atoms with E-state index in [1.54, 1.807) is 24.3 Å². The van der Waals surface area contributed by atoms with Gasteiger partial charge in [0, 0.05) is 10.7 Å². The van der Waals surface area contributed by atoms with Gasteiger partial charge in [-0.3, -0.25) is 0 Å². The van der Waals surface area contributed by atoms with Crippen molar-refractivity contribution in [2.45, 2.75) is 0 Å². The van der Waals surface area contributed by atoms with Crippen LogP contribution in [0.15, 0.2) is 36.4 Å². The Hall–Kier alpha value is -1.71. The molecule has 0 saturated carbocycles. The average Bonchev–Trinajstić information content (AvgIpc) is 2.71. The highest BCUT2D eigenvalue weighted by Crippen LogP contribution is 2.32. The van der Waals surface area contributed by atoms with Crippen LogP contribution < -0.4 is 5.73 Å². The number of nitrogens with zero attached hydrogens (tertiary/aromatic N) is 1. The number of fused-ring (bicyclic) bond motifs is 1. The third-order valence-corrected chi connectivity index (χ3v) is 3.28. The van der Waals surface area contributed by atoms with Gasteiger partial charge in [0.25, 0.3) is 0 Å². The fraction of sp³-hybridized carbons (Fsp3) is 0. The summed E-state index contributed by atoms with van der Waals surface area (Å²) in [6, 6.07) is 10.9. The Bertz CT molecular complexity index is 714. The maximum absolute atomic E-state index is 6.16. The van der Waals surface area contributed by atoms with Crippen molar-refractivity contribution in [3.05, 3.63) is 46.4 Å². The molecule has 3 nitrogen and oxygen atoms in total. The van der Waals surface area contributed by atoms with E-state index in [0.717, 1.165) is 11.0 Å². The van der Waals surface area contributed by atoms with E-state index in [1.807, 2.05) is 12.1 Å². The van der Waals surface area contributed by atoms with Gasteiger partial charge in [-0.05, 0) is 30.3 Å². The van der Waals surface area contributed by atoms with Crippen LogP contribution in [0.3, 0.4) is 0 Å². The molecule has 0 amide bonds. The van der Waals surface area contributed by atoms with Crippen LogP contribution in [-0.4, -0.2) is 9.97 Å². The zero-order chi connectivity index (χ0) is 12.7. The van der Waals surface area contributed by atoms with Crippen LogP contribution in [-0.2, 0) is 0 Å². The number of halogens is 2. The molecule has 18 heavy (non-hydrogen) atoms. The average molecular weight is 278 g/mol. The Balaban J connectivity index is 2.26. The van der Waals surface area contributed by atoms with Gasteiger partial charge in [0.1, 0.15) is 5.82 Å². The smallest absolute Gasteiger partial charge is 0.142 e. The molecule has 1 aromatic heterocycles. The molecule has 0 spiro atoms. The van der Waals surface area contributed by atoms with E-state index in [-0.39, 0.29) is 0 Å². The fourth-order valence-electron chi connectivity index (χ4n) is 1.89. The van der Waals surface area contributed by atoms with E-state index in [0.29, 0.717) is 27.1 Å². The van der Waals surface area contributed by atoms with Crippen molar-refractivity contribution in [3.8, 4) is 11.4 Å². The normalized spacial score (nSPS) is 11.0. The van der Waals surface area contributed by atoms with E-state index >= 15 is 0 Å². The highest BCUT2D eigenvalue weighted by Gasteiger charge is 2.12. The van der Waals surface area contributed by atoms with Crippen molar-refractivity contribution < 1.29 is 0 Å². The van der Waals surface area contributed by atoms with E-state index in [4.69, 9.17) is 28.9 Å². The molecule has 0 radical (unpaired) electrons. The first-order valence-electron chi connectivity index (χ1n) is 5.35. The molecule has 3 rings (SSSR count). The van der Waals surface area contributed by atoms with Crippen LogP contribution in [0, 0.1) is 0 Å². The second-order valence-electron chi connectivity index (χ2n) is 3.95. The lowest BCUT2D eigenvalue weighted by Gasteiger charge is -2.03. The first-order valence-corrected chi connectivity index (χ1v) is 6.10. The van der Waals surface area contributed by atoms with Gasteiger partial charge < -0.3 is 10.7 Å². The van der Waals surface area contributed by atoms with Crippen molar-refractivity contribution in [1.29, 1.82) is 0 Å². The molecule has 0 unspecified atom stereocenters. The van der Waals surface area contributed by atoms with Crippen molar-refractivity contribution in [2.24, 2.45) is 0 Å². The third-order valence-electron chi connectivity index (χ3n) is 2.73. The number of nitrogens with two attached hydrogens (primary N) is 1. The summed E-state index contributed by atoms with van der Waals surface area (Å²) in [6.45, 7) is 0. The minimum atomic E-state index is 0.570. The number of nitrogens with one attached hydrogen (secondary N) is 1. The molecule has 0 aliphatic rings. The summed E-state index contributed by atoms with van der Waals surface area (Å²) < 4.78 is 0. The van der Waals surface area contributed by atoms with Crippen LogP contribution in [0.2, 0.25) is 10.0 Å². The maximum atomic E-state index is 6.16. The number of H-pyrrole nitrogens is 1. The number of aromatic nitrogens is 2. The molecule has 0 atom stereocenters. The van der Waals surface area contributed by atoms with Gasteiger partial charge in [0.05, 0.1) is 21.6 Å². The summed E-state index contributed by atoms with van der Waals surface area (Å²) in [5, 5.41) is 1.23. The van der Waals surface area contributed by atoms with Crippen LogP contribution in [0.4, 0.5) is 5.69 Å². The van der Waals surface area contributed by atoms with Crippen LogP contribution in [0.25, 0.3) is 22.4 Å². The number of rotatable bonds is 1. The highest BCUT2D eigenvalue weighted by atomic mass is 35.5. The molecule has 3 N–H and O–H groups in total. The molecule has 0 bridgehead atoms. The standard InChI is InChI=1S/C13H9Cl2N3/c14-7-4-5-10-11(6-7)18-13(17-10)12-8(15)2-1-3-9(12)16/h1-6H,16H2,(H,17,18). The minimum Gasteiger partial charge on any atom is -0.398 e. The Labute approximate surface area is 114 Å². The Morgan fingerprint density at radius 2 is 1.94 bits per heavy atom. The molecular formula is C13H9Cl2N3. The van der Waals surface area contributed by atoms with Gasteiger partial charge in [-0.1, -0.05) is 29.3 Å². The van der Waals surface area contributed by atoms with Crippen LogP contribution in [0.5, 0.6) is 0 Å². The van der Waals surface area contributed by atoms with Gasteiger partial charge in [-0.25, -0.2) is 4.98 Å². The zero-order valence-corrected chi connectivity index (χ0v) is 10.8. The second kappa shape index (κ2) is 4.19. The molecule has 0 aliphatic heterocycles. The summed E-state index contributed by atoms with van der Waals surface area (Å²) in [5.41, 5.74) is 8.93. The third kappa shape index (κ3) is 1.82. The number of anilines is 1. The zero-order valence-electron chi connectivity index (χ0n) is 9.24. The first-order chi connectivity index (χ1) is 8.65. The molecule has 0 fully saturated rings. The maximum Gasteiger partial charge on any atom is 0.142 e. The molecule has 90 valence electrons. The Morgan fingerprint density at radius 1 is 1.11 bits per heavy atom. The monoisotopic (exact) mass is 277 g/mol. The van der Waals surface area contributed by atoms with Gasteiger partial charge in [-0.15, -0.1) is 0 Å². The molecule has 2 aromatic carbocycles. The molecule has 1 heterocycles. The van der Waals surface area contributed by atoms with Crippen LogP contribution in [0.1, 0.15) is 0 Å². The highest BCUT2D eigenvalue weighted by molar-refractivity contribution is 6.34. The van der Waals surface area contributed by atoms with Crippen molar-refractivity contribution >= 4 is 39.9 Å². The topological polar surface area (TPSA) is 54.7 Å². The second-order valence-corrected chi connectivity index (χ2v) is 4.79. The van der Waals surface area contributed by atoms with Gasteiger partial charge in [-0.2, -0.15) is 0 Å². The predicted octanol–water partition coefficient (Wildman–Crippen LogP) is 4.12. The minimum absolute atomic E-state index is 0.570. The van der Waals surface area contributed by atoms with Gasteiger partial charge in [0.15, 0.2) is 0 Å². The SMILES string of the molecule is Nc1cccc(Cl)c1-c1nc2ccc(Cl)cc2[nH]1. The van der Waals surface area contributed by atoms with E-state index in [1.165, 1.54) is 0 Å². The summed E-state index contributed by atoms with van der Waals surface area (Å²) in [5.74, 6) is 0.648. The van der Waals surface area contributed by atoms with Gasteiger partial charge >= 0.3 is 0 Å². The number of hydrogen-bond acceptors (Lipinski definition) is 2. The van der Waals surface area contributed by atoms with E-state index < -0.39 is 0 Å². The summed E-state index contributed by atoms with van der Waals surface area (Å²) in [4.78, 5) is 7.64. The van der Waals surface area contributed by atoms with Gasteiger partial charge in [0.2, 0.25) is 0 Å². The predicted molar refractivity (Wildman–Crippen MR) is 76.0 cm³/mol. The molecule has 0 saturated heterocycles. The summed E-state index contributed by atoms with van der Waals surface area (Å²) in [7, 11) is 0. The number of aromatic amines is 1. The molecule has 3 aromatic rings. The van der Waals surface area contributed by atoms with Crippen molar-refractivity contribution in [3.63, 3.8) is 0 Å². The molecular weight excluding hydrogens is 269 g/mol. The number of hydrogen-bond donors (Lipinski definition) is 2. The Morgan fingerprint density at radius 3 is 2.72 bits per heavy atom. The molecule has 5 heteroatoms. The summed E-state index contributed by atoms with van der Waals surface area (Å²) in [6.07, 6.45) is 0. The van der Waals surface area contributed by atoms with Crippen molar-refractivity contribution in [2.75, 3.05) is 5.73 Å².